The van der Waals surface area contributed by atoms with E-state index in [-0.39, 0.29) is 17.5 Å². The zero-order valence-electron chi connectivity index (χ0n) is 20.4. The largest absolute Gasteiger partial charge is 0.503 e. The summed E-state index contributed by atoms with van der Waals surface area (Å²) in [5, 5.41) is 13.8. The van der Waals surface area contributed by atoms with Gasteiger partial charge < -0.3 is 14.7 Å². The van der Waals surface area contributed by atoms with Crippen LogP contribution >= 0.6 is 11.3 Å². The molecule has 6 rings (SSSR count). The number of benzene rings is 3. The van der Waals surface area contributed by atoms with Gasteiger partial charge in [-0.1, -0.05) is 72.8 Å². The smallest absolute Gasteiger partial charge is 0.290 e. The van der Waals surface area contributed by atoms with Crippen LogP contribution in [0.1, 0.15) is 39.8 Å². The molecule has 1 aromatic heterocycles. The predicted octanol–water partition coefficient (Wildman–Crippen LogP) is 6.03. The van der Waals surface area contributed by atoms with Crippen molar-refractivity contribution in [3.05, 3.63) is 100 Å². The molecule has 7 heteroatoms. The molecule has 0 aliphatic carbocycles. The lowest BCUT2D eigenvalue weighted by Crippen LogP contribution is -2.37. The number of thiazole rings is 1. The number of aromatic nitrogens is 1. The second-order valence-electron chi connectivity index (χ2n) is 9.45. The predicted molar refractivity (Wildman–Crippen MR) is 144 cm³/mol. The lowest BCUT2D eigenvalue weighted by molar-refractivity contribution is -0.131. The van der Waals surface area contributed by atoms with Crippen molar-refractivity contribution in [2.75, 3.05) is 13.2 Å². The van der Waals surface area contributed by atoms with Crippen LogP contribution in [-0.4, -0.2) is 45.9 Å². The Hall–Kier alpha value is -3.81. The van der Waals surface area contributed by atoms with Crippen molar-refractivity contribution < 1.29 is 19.4 Å². The number of ketones is 1. The number of aliphatic hydroxyl groups is 1. The van der Waals surface area contributed by atoms with E-state index in [9.17, 15) is 14.7 Å². The number of nitrogens with zero attached hydrogens (tertiary/aromatic N) is 2. The first-order chi connectivity index (χ1) is 18.0. The molecule has 2 aliphatic heterocycles. The molecule has 2 atom stereocenters. The van der Waals surface area contributed by atoms with Gasteiger partial charge in [-0.2, -0.15) is 0 Å². The number of aliphatic hydroxyl groups excluding tert-OH is 1. The molecule has 186 valence electrons. The number of hydrogen-bond donors (Lipinski definition) is 1. The Labute approximate surface area is 218 Å². The van der Waals surface area contributed by atoms with Crippen molar-refractivity contribution in [1.29, 1.82) is 0 Å². The summed E-state index contributed by atoms with van der Waals surface area (Å²) in [6, 6.07) is 22.7. The van der Waals surface area contributed by atoms with Crippen LogP contribution < -0.4 is 0 Å². The molecule has 3 aromatic carbocycles. The van der Waals surface area contributed by atoms with Crippen molar-refractivity contribution in [3.63, 3.8) is 0 Å². The standard InChI is InChI=1S/C30H26N2O4S/c1-18-28(37-29(31-18)20-10-3-2-4-11-20)26(33)24-25(23-15-7-12-19-9-5-6-14-22(19)23)32(30(35)27(24)34)17-21-13-8-16-36-21/h2-7,9-12,14-15,21,25,34H,8,13,16-17H2,1H3. The molecule has 3 heterocycles. The minimum atomic E-state index is -0.725. The summed E-state index contributed by atoms with van der Waals surface area (Å²) in [7, 11) is 0. The number of aryl methyl sites for hydroxylation is 1. The van der Waals surface area contributed by atoms with Crippen LogP contribution in [0.2, 0.25) is 0 Å². The zero-order chi connectivity index (χ0) is 25.5. The number of rotatable bonds is 6. The summed E-state index contributed by atoms with van der Waals surface area (Å²) in [6.07, 6.45) is 1.64. The molecule has 6 nitrogen and oxygen atoms in total. The van der Waals surface area contributed by atoms with Gasteiger partial charge >= 0.3 is 0 Å². The highest BCUT2D eigenvalue weighted by Gasteiger charge is 2.46. The van der Waals surface area contributed by atoms with Gasteiger partial charge in [0.05, 0.1) is 28.3 Å². The van der Waals surface area contributed by atoms with E-state index in [1.807, 2.05) is 72.8 Å². The average Bonchev–Trinajstić information content (AvgIpc) is 3.64. The Bertz CT molecular complexity index is 1530. The third kappa shape index (κ3) is 4.14. The van der Waals surface area contributed by atoms with Crippen LogP contribution in [-0.2, 0) is 9.53 Å². The van der Waals surface area contributed by atoms with Crippen molar-refractivity contribution in [2.45, 2.75) is 31.9 Å². The van der Waals surface area contributed by atoms with Gasteiger partial charge in [0.15, 0.2) is 5.76 Å². The van der Waals surface area contributed by atoms with E-state index >= 15 is 0 Å². The molecular formula is C30H26N2O4S. The summed E-state index contributed by atoms with van der Waals surface area (Å²) in [6.45, 7) is 2.76. The third-order valence-corrected chi connectivity index (χ3v) is 8.32. The molecule has 4 aromatic rings. The number of hydrogen-bond acceptors (Lipinski definition) is 6. The number of carbonyl (C=O) groups is 2. The minimum Gasteiger partial charge on any atom is -0.503 e. The molecule has 0 saturated carbocycles. The molecule has 1 saturated heterocycles. The van der Waals surface area contributed by atoms with Crippen LogP contribution in [0.5, 0.6) is 0 Å². The first kappa shape index (κ1) is 23.6. The monoisotopic (exact) mass is 510 g/mol. The molecule has 0 spiro atoms. The maximum absolute atomic E-state index is 14.1. The molecule has 0 bridgehead atoms. The first-order valence-electron chi connectivity index (χ1n) is 12.4. The lowest BCUT2D eigenvalue weighted by atomic mass is 9.91. The molecular weight excluding hydrogens is 484 g/mol. The van der Waals surface area contributed by atoms with Gasteiger partial charge in [-0.15, -0.1) is 11.3 Å². The molecule has 1 N–H and O–H groups in total. The van der Waals surface area contributed by atoms with E-state index in [1.54, 1.807) is 11.8 Å². The van der Waals surface area contributed by atoms with Crippen LogP contribution in [0.15, 0.2) is 84.1 Å². The van der Waals surface area contributed by atoms with E-state index in [4.69, 9.17) is 4.74 Å². The number of carbonyl (C=O) groups excluding carboxylic acids is 2. The van der Waals surface area contributed by atoms with Gasteiger partial charge in [0.2, 0.25) is 5.78 Å². The number of fused-ring (bicyclic) bond motifs is 1. The quantitative estimate of drug-likeness (QED) is 0.321. The van der Waals surface area contributed by atoms with Crippen LogP contribution in [0.4, 0.5) is 0 Å². The van der Waals surface area contributed by atoms with Gasteiger partial charge in [-0.05, 0) is 36.1 Å². The summed E-state index contributed by atoms with van der Waals surface area (Å²) < 4.78 is 5.84. The molecule has 1 amide bonds. The number of amides is 1. The Kier molecular flexibility index (Phi) is 6.10. The second kappa shape index (κ2) is 9.57. The van der Waals surface area contributed by atoms with Crippen molar-refractivity contribution in [1.82, 2.24) is 9.88 Å². The molecule has 37 heavy (non-hydrogen) atoms. The van der Waals surface area contributed by atoms with E-state index in [2.05, 4.69) is 4.98 Å². The fourth-order valence-electron chi connectivity index (χ4n) is 5.33. The van der Waals surface area contributed by atoms with Crippen LogP contribution in [0, 0.1) is 6.92 Å². The van der Waals surface area contributed by atoms with Crippen molar-refractivity contribution in [2.24, 2.45) is 0 Å². The minimum absolute atomic E-state index is 0.103. The van der Waals surface area contributed by atoms with Gasteiger partial charge in [0.1, 0.15) is 5.01 Å². The Morgan fingerprint density at radius 3 is 2.62 bits per heavy atom. The lowest BCUT2D eigenvalue weighted by Gasteiger charge is -2.29. The summed E-state index contributed by atoms with van der Waals surface area (Å²) in [5.74, 6) is -1.40. The van der Waals surface area contributed by atoms with Gasteiger partial charge in [-0.3, -0.25) is 9.59 Å². The molecule has 2 unspecified atom stereocenters. The van der Waals surface area contributed by atoms with Crippen LogP contribution in [0.25, 0.3) is 21.3 Å². The number of Topliss-reactive ketones (excluding diaryl/α,β-unsaturated/α-hetero) is 1. The SMILES string of the molecule is Cc1nc(-c2ccccc2)sc1C(=O)C1=C(O)C(=O)N(CC2CCCO2)C1c1cccc2ccccc12. The Morgan fingerprint density at radius 1 is 1.08 bits per heavy atom. The summed E-state index contributed by atoms with van der Waals surface area (Å²) >= 11 is 1.29. The molecule has 0 radical (unpaired) electrons. The van der Waals surface area contributed by atoms with Crippen molar-refractivity contribution >= 4 is 33.8 Å². The second-order valence-corrected chi connectivity index (χ2v) is 10.5. The normalized spacial score (nSPS) is 19.8. The maximum Gasteiger partial charge on any atom is 0.290 e. The highest BCUT2D eigenvalue weighted by Crippen LogP contribution is 2.43. The van der Waals surface area contributed by atoms with E-state index in [0.717, 1.165) is 39.7 Å². The number of ether oxygens (including phenoxy) is 1. The third-order valence-electron chi connectivity index (χ3n) is 7.11. The van der Waals surface area contributed by atoms with Gasteiger partial charge in [-0.25, -0.2) is 4.98 Å². The maximum atomic E-state index is 14.1. The van der Waals surface area contributed by atoms with E-state index < -0.39 is 17.7 Å². The topological polar surface area (TPSA) is 79.7 Å². The van der Waals surface area contributed by atoms with Gasteiger partial charge in [0.25, 0.3) is 5.91 Å². The fourth-order valence-corrected chi connectivity index (χ4v) is 6.35. The molecule has 1 fully saturated rings. The first-order valence-corrected chi connectivity index (χ1v) is 13.3. The Morgan fingerprint density at radius 2 is 1.84 bits per heavy atom. The van der Waals surface area contributed by atoms with Gasteiger partial charge in [0, 0.05) is 18.7 Å². The summed E-state index contributed by atoms with van der Waals surface area (Å²) in [4.78, 5) is 34.3. The fraction of sp³-hybridized carbons (Fsp3) is 0.233. The van der Waals surface area contributed by atoms with Crippen LogP contribution in [0.3, 0.4) is 0 Å². The highest BCUT2D eigenvalue weighted by atomic mass is 32.1. The van der Waals surface area contributed by atoms with E-state index in [1.165, 1.54) is 11.3 Å². The van der Waals surface area contributed by atoms with Crippen molar-refractivity contribution in [3.8, 4) is 10.6 Å². The molecule has 2 aliphatic rings. The average molecular weight is 511 g/mol. The zero-order valence-corrected chi connectivity index (χ0v) is 21.2. The van der Waals surface area contributed by atoms with E-state index in [0.29, 0.717) is 23.7 Å². The summed E-state index contributed by atoms with van der Waals surface area (Å²) in [5.41, 5.74) is 2.41. The Balaban J connectivity index is 1.47. The highest BCUT2D eigenvalue weighted by molar-refractivity contribution is 7.17.